The Bertz CT molecular complexity index is 1260. The van der Waals surface area contributed by atoms with E-state index in [4.69, 9.17) is 20.5 Å². The van der Waals surface area contributed by atoms with Gasteiger partial charge >= 0.3 is 0 Å². The quantitative estimate of drug-likeness (QED) is 0.490. The summed E-state index contributed by atoms with van der Waals surface area (Å²) in [5.74, 6) is 0. The van der Waals surface area contributed by atoms with Crippen LogP contribution in [0.2, 0.25) is 0 Å². The molecule has 0 saturated heterocycles. The van der Waals surface area contributed by atoms with Crippen molar-refractivity contribution in [1.82, 2.24) is 9.97 Å². The number of anilines is 1. The van der Waals surface area contributed by atoms with Crippen LogP contribution in [-0.2, 0) is 0 Å². The van der Waals surface area contributed by atoms with Gasteiger partial charge in [-0.3, -0.25) is 0 Å². The first-order valence-electron chi connectivity index (χ1n) is 8.98. The summed E-state index contributed by atoms with van der Waals surface area (Å²) in [7, 11) is 0. The summed E-state index contributed by atoms with van der Waals surface area (Å²) in [6, 6.07) is 29.1. The zero-order chi connectivity index (χ0) is 20.1. The molecule has 0 fully saturated rings. The zero-order valence-corrected chi connectivity index (χ0v) is 15.4. The molecule has 1 N–H and O–H groups in total. The van der Waals surface area contributed by atoms with Gasteiger partial charge in [-0.2, -0.15) is 10.5 Å². The van der Waals surface area contributed by atoms with E-state index >= 15 is 0 Å². The standard InChI is InChI=1S/C24H15N5/c25-14-17(15-26)16-27-20-12-7-13-21-24(20)29-23(19-10-5-2-6-11-19)22(28-21)18-8-3-1-4-9-18/h1-13,16,27H. The predicted molar refractivity (Wildman–Crippen MR) is 113 cm³/mol. The van der Waals surface area contributed by atoms with Crippen LogP contribution in [0, 0.1) is 22.7 Å². The van der Waals surface area contributed by atoms with E-state index in [2.05, 4.69) is 5.32 Å². The van der Waals surface area contributed by atoms with Crippen molar-refractivity contribution in [2.24, 2.45) is 0 Å². The summed E-state index contributed by atoms with van der Waals surface area (Å²) in [5, 5.41) is 20.9. The van der Waals surface area contributed by atoms with E-state index in [0.29, 0.717) is 11.2 Å². The van der Waals surface area contributed by atoms with E-state index in [0.717, 1.165) is 28.0 Å². The monoisotopic (exact) mass is 373 g/mol. The molecule has 0 bridgehead atoms. The molecule has 29 heavy (non-hydrogen) atoms. The van der Waals surface area contributed by atoms with Crippen LogP contribution in [0.1, 0.15) is 0 Å². The summed E-state index contributed by atoms with van der Waals surface area (Å²) in [6.07, 6.45) is 1.38. The molecule has 5 nitrogen and oxygen atoms in total. The van der Waals surface area contributed by atoms with Crippen molar-refractivity contribution in [2.75, 3.05) is 5.32 Å². The van der Waals surface area contributed by atoms with Crippen LogP contribution in [-0.4, -0.2) is 9.97 Å². The molecular formula is C24H15N5. The normalized spacial score (nSPS) is 10.0. The van der Waals surface area contributed by atoms with Gasteiger partial charge in [0.15, 0.2) is 0 Å². The number of aromatic nitrogens is 2. The second kappa shape index (κ2) is 8.04. The number of fused-ring (bicyclic) bond motifs is 1. The molecule has 1 heterocycles. The van der Waals surface area contributed by atoms with Crippen LogP contribution in [0.3, 0.4) is 0 Å². The third-order valence-electron chi connectivity index (χ3n) is 4.40. The molecule has 0 spiro atoms. The number of nitriles is 2. The number of nitrogens with one attached hydrogen (secondary N) is 1. The van der Waals surface area contributed by atoms with Crippen LogP contribution in [0.4, 0.5) is 5.69 Å². The fourth-order valence-corrected chi connectivity index (χ4v) is 3.03. The lowest BCUT2D eigenvalue weighted by Gasteiger charge is -2.12. The maximum Gasteiger partial charge on any atom is 0.145 e. The maximum atomic E-state index is 8.96. The average Bonchev–Trinajstić information content (AvgIpc) is 2.80. The molecule has 4 rings (SSSR count). The van der Waals surface area contributed by atoms with Crippen LogP contribution in [0.25, 0.3) is 33.5 Å². The first-order chi connectivity index (χ1) is 14.3. The molecule has 1 aromatic heterocycles. The maximum absolute atomic E-state index is 8.96. The number of nitrogens with zero attached hydrogens (tertiary/aromatic N) is 4. The van der Waals surface area contributed by atoms with Crippen molar-refractivity contribution in [3.8, 4) is 34.7 Å². The average molecular weight is 373 g/mol. The smallest absolute Gasteiger partial charge is 0.145 e. The van der Waals surface area contributed by atoms with Crippen LogP contribution in [0.15, 0.2) is 90.6 Å². The van der Waals surface area contributed by atoms with Gasteiger partial charge in [0.1, 0.15) is 23.2 Å². The largest absolute Gasteiger partial charge is 0.358 e. The molecule has 0 saturated carbocycles. The van der Waals surface area contributed by atoms with Gasteiger partial charge in [-0.1, -0.05) is 66.7 Å². The summed E-state index contributed by atoms with van der Waals surface area (Å²) < 4.78 is 0. The molecule has 0 aliphatic heterocycles. The predicted octanol–water partition coefficient (Wildman–Crippen LogP) is 5.31. The summed E-state index contributed by atoms with van der Waals surface area (Å²) in [6.45, 7) is 0. The van der Waals surface area contributed by atoms with Crippen LogP contribution >= 0.6 is 0 Å². The number of benzene rings is 3. The number of para-hydroxylation sites is 1. The lowest BCUT2D eigenvalue weighted by molar-refractivity contribution is 1.29. The third-order valence-corrected chi connectivity index (χ3v) is 4.40. The number of rotatable bonds is 4. The van der Waals surface area contributed by atoms with Crippen molar-refractivity contribution < 1.29 is 0 Å². The molecule has 0 atom stereocenters. The fraction of sp³-hybridized carbons (Fsp3) is 0. The molecule has 0 unspecified atom stereocenters. The van der Waals surface area contributed by atoms with Gasteiger partial charge in [0, 0.05) is 17.3 Å². The van der Waals surface area contributed by atoms with Gasteiger partial charge in [0.2, 0.25) is 0 Å². The summed E-state index contributed by atoms with van der Waals surface area (Å²) in [4.78, 5) is 9.83. The molecule has 0 amide bonds. The Balaban J connectivity index is 1.95. The third kappa shape index (κ3) is 3.66. The highest BCUT2D eigenvalue weighted by Gasteiger charge is 2.14. The van der Waals surface area contributed by atoms with Gasteiger partial charge in [-0.15, -0.1) is 0 Å². The number of allylic oxidation sites excluding steroid dienone is 1. The van der Waals surface area contributed by atoms with Gasteiger partial charge in [-0.25, -0.2) is 9.97 Å². The fourth-order valence-electron chi connectivity index (χ4n) is 3.03. The molecule has 136 valence electrons. The highest BCUT2D eigenvalue weighted by atomic mass is 14.9. The Hall–Kier alpha value is -4.48. The van der Waals surface area contributed by atoms with Crippen molar-refractivity contribution in [2.45, 2.75) is 0 Å². The van der Waals surface area contributed by atoms with E-state index in [1.165, 1.54) is 6.20 Å². The van der Waals surface area contributed by atoms with Crippen molar-refractivity contribution in [3.05, 3.63) is 90.6 Å². The van der Waals surface area contributed by atoms with Crippen molar-refractivity contribution >= 4 is 16.7 Å². The van der Waals surface area contributed by atoms with Crippen LogP contribution in [0.5, 0.6) is 0 Å². The summed E-state index contributed by atoms with van der Waals surface area (Å²) >= 11 is 0. The highest BCUT2D eigenvalue weighted by Crippen LogP contribution is 2.32. The van der Waals surface area contributed by atoms with E-state index < -0.39 is 0 Å². The minimum Gasteiger partial charge on any atom is -0.358 e. The Morgan fingerprint density at radius 1 is 0.724 bits per heavy atom. The lowest BCUT2D eigenvalue weighted by atomic mass is 10.0. The van der Waals surface area contributed by atoms with E-state index in [9.17, 15) is 0 Å². The Kier molecular flexibility index (Phi) is 4.96. The zero-order valence-electron chi connectivity index (χ0n) is 15.4. The van der Waals surface area contributed by atoms with Crippen molar-refractivity contribution in [3.63, 3.8) is 0 Å². The second-order valence-corrected chi connectivity index (χ2v) is 6.25. The SMILES string of the molecule is N#CC(C#N)=CNc1cccc2nc(-c3ccccc3)c(-c3ccccc3)nc12. The van der Waals surface area contributed by atoms with E-state index in [-0.39, 0.29) is 5.57 Å². The Labute approximate surface area is 168 Å². The van der Waals surface area contributed by atoms with Gasteiger partial charge in [0.05, 0.1) is 22.6 Å². The van der Waals surface area contributed by atoms with E-state index in [1.807, 2.05) is 91.0 Å². The van der Waals surface area contributed by atoms with Gasteiger partial charge in [-0.05, 0) is 12.1 Å². The lowest BCUT2D eigenvalue weighted by Crippen LogP contribution is -1.99. The topological polar surface area (TPSA) is 85.4 Å². The minimum atomic E-state index is -0.0147. The Morgan fingerprint density at radius 2 is 1.31 bits per heavy atom. The number of hydrogen-bond acceptors (Lipinski definition) is 5. The van der Waals surface area contributed by atoms with Crippen LogP contribution < -0.4 is 5.32 Å². The minimum absolute atomic E-state index is 0.0147. The second-order valence-electron chi connectivity index (χ2n) is 6.25. The molecule has 0 aliphatic carbocycles. The molecule has 0 aliphatic rings. The molecule has 3 aromatic carbocycles. The molecule has 4 aromatic rings. The number of hydrogen-bond donors (Lipinski definition) is 1. The van der Waals surface area contributed by atoms with Gasteiger partial charge < -0.3 is 5.32 Å². The Morgan fingerprint density at radius 3 is 1.90 bits per heavy atom. The highest BCUT2D eigenvalue weighted by molar-refractivity contribution is 5.93. The molecular weight excluding hydrogens is 358 g/mol. The van der Waals surface area contributed by atoms with Gasteiger partial charge in [0.25, 0.3) is 0 Å². The molecule has 5 heteroatoms. The molecule has 0 radical (unpaired) electrons. The summed E-state index contributed by atoms with van der Waals surface area (Å²) in [5.41, 5.74) is 5.55. The van der Waals surface area contributed by atoms with Crippen molar-refractivity contribution in [1.29, 1.82) is 10.5 Å². The first-order valence-corrected chi connectivity index (χ1v) is 8.98. The van der Waals surface area contributed by atoms with E-state index in [1.54, 1.807) is 0 Å². The first kappa shape index (κ1) is 17.9.